The molecule has 1 aromatic carbocycles. The molecule has 0 aliphatic heterocycles. The molecule has 1 amide bonds. The molecule has 0 saturated heterocycles. The van der Waals surface area contributed by atoms with Crippen LogP contribution in [0.1, 0.15) is 29.6 Å². The Bertz CT molecular complexity index is 461. The van der Waals surface area contributed by atoms with Gasteiger partial charge in [-0.3, -0.25) is 4.79 Å². The average molecular weight is 297 g/mol. The third kappa shape index (κ3) is 4.69. The van der Waals surface area contributed by atoms with Crippen molar-refractivity contribution in [1.82, 2.24) is 5.32 Å². The molecule has 110 valence electrons. The predicted molar refractivity (Wildman–Crippen MR) is 81.5 cm³/mol. The van der Waals surface area contributed by atoms with Gasteiger partial charge in [-0.15, -0.1) is 0 Å². The summed E-state index contributed by atoms with van der Waals surface area (Å²) in [7, 11) is 1.78. The van der Waals surface area contributed by atoms with Crippen LogP contribution in [0.3, 0.4) is 0 Å². The van der Waals surface area contributed by atoms with E-state index in [9.17, 15) is 4.79 Å². The second kappa shape index (κ2) is 7.50. The third-order valence-electron chi connectivity index (χ3n) is 3.30. The molecule has 1 aromatic rings. The van der Waals surface area contributed by atoms with Gasteiger partial charge in [0.15, 0.2) is 0 Å². The normalized spacial score (nSPS) is 14.1. The molecule has 2 rings (SSSR count). The largest absolute Gasteiger partial charge is 0.387 e. The smallest absolute Gasteiger partial charge is 0.253 e. The fraction of sp³-hybridized carbons (Fsp3) is 0.533. The van der Waals surface area contributed by atoms with Crippen LogP contribution in [0.2, 0.25) is 5.02 Å². The molecule has 0 radical (unpaired) electrons. The number of carbonyl (C=O) groups excluding carboxylic acids is 1. The van der Waals surface area contributed by atoms with Gasteiger partial charge in [0.1, 0.15) is 0 Å². The molecule has 2 N–H and O–H groups in total. The fourth-order valence-electron chi connectivity index (χ4n) is 1.93. The summed E-state index contributed by atoms with van der Waals surface area (Å²) in [6.45, 7) is 2.18. The van der Waals surface area contributed by atoms with E-state index in [-0.39, 0.29) is 5.91 Å². The second-order valence-electron chi connectivity index (χ2n) is 5.07. The summed E-state index contributed by atoms with van der Waals surface area (Å²) in [6.07, 6.45) is 3.44. The third-order valence-corrected chi connectivity index (χ3v) is 3.53. The number of anilines is 1. The molecule has 1 fully saturated rings. The first-order chi connectivity index (χ1) is 9.70. The van der Waals surface area contributed by atoms with Gasteiger partial charge in [-0.05, 0) is 43.4 Å². The van der Waals surface area contributed by atoms with Crippen LogP contribution in [0.4, 0.5) is 5.69 Å². The quantitative estimate of drug-likeness (QED) is 0.725. The molecule has 0 heterocycles. The number of carbonyl (C=O) groups is 1. The molecule has 1 aliphatic carbocycles. The van der Waals surface area contributed by atoms with E-state index in [1.54, 1.807) is 25.2 Å². The van der Waals surface area contributed by atoms with Crippen LogP contribution in [0.5, 0.6) is 0 Å². The molecular weight excluding hydrogens is 276 g/mol. The first kappa shape index (κ1) is 15.1. The molecule has 1 aliphatic rings. The minimum absolute atomic E-state index is 0.112. The zero-order valence-electron chi connectivity index (χ0n) is 11.7. The minimum Gasteiger partial charge on any atom is -0.387 e. The number of rotatable bonds is 8. The van der Waals surface area contributed by atoms with E-state index in [1.165, 1.54) is 12.8 Å². The number of benzene rings is 1. The Morgan fingerprint density at radius 1 is 1.45 bits per heavy atom. The highest BCUT2D eigenvalue weighted by molar-refractivity contribution is 6.31. The maximum atomic E-state index is 12.1. The highest BCUT2D eigenvalue weighted by atomic mass is 35.5. The number of amides is 1. The molecular formula is C15H21ClN2O2. The Kier molecular flexibility index (Phi) is 5.68. The first-order valence-electron chi connectivity index (χ1n) is 7.04. The van der Waals surface area contributed by atoms with Crippen LogP contribution < -0.4 is 10.6 Å². The van der Waals surface area contributed by atoms with E-state index >= 15 is 0 Å². The molecule has 0 bridgehead atoms. The maximum absolute atomic E-state index is 12.1. The van der Waals surface area contributed by atoms with Gasteiger partial charge in [-0.2, -0.15) is 0 Å². The molecule has 4 nitrogen and oxygen atoms in total. The lowest BCUT2D eigenvalue weighted by molar-refractivity contribution is 0.0938. The number of ether oxygens (including phenoxy) is 1. The van der Waals surface area contributed by atoms with Crippen molar-refractivity contribution in [3.05, 3.63) is 28.8 Å². The van der Waals surface area contributed by atoms with Gasteiger partial charge >= 0.3 is 0 Å². The molecule has 0 spiro atoms. The van der Waals surface area contributed by atoms with Crippen molar-refractivity contribution in [1.29, 1.82) is 0 Å². The summed E-state index contributed by atoms with van der Waals surface area (Å²) < 4.78 is 5.52. The molecule has 0 unspecified atom stereocenters. The highest BCUT2D eigenvalue weighted by Crippen LogP contribution is 2.28. The van der Waals surface area contributed by atoms with Crippen molar-refractivity contribution < 1.29 is 9.53 Å². The SMILES string of the molecule is CNc1ccc(Cl)cc1C(=O)NCCCOCC1CC1. The van der Waals surface area contributed by atoms with Crippen LogP contribution in [-0.2, 0) is 4.74 Å². The van der Waals surface area contributed by atoms with Crippen LogP contribution in [0, 0.1) is 5.92 Å². The van der Waals surface area contributed by atoms with Gasteiger partial charge < -0.3 is 15.4 Å². The lowest BCUT2D eigenvalue weighted by atomic mass is 10.1. The van der Waals surface area contributed by atoms with Crippen molar-refractivity contribution in [2.45, 2.75) is 19.3 Å². The van der Waals surface area contributed by atoms with E-state index in [0.29, 0.717) is 23.7 Å². The van der Waals surface area contributed by atoms with E-state index in [2.05, 4.69) is 10.6 Å². The zero-order valence-corrected chi connectivity index (χ0v) is 12.5. The van der Waals surface area contributed by atoms with Crippen molar-refractivity contribution in [3.63, 3.8) is 0 Å². The van der Waals surface area contributed by atoms with E-state index < -0.39 is 0 Å². The van der Waals surface area contributed by atoms with Crippen molar-refractivity contribution in [3.8, 4) is 0 Å². The molecule has 1 saturated carbocycles. The van der Waals surface area contributed by atoms with Crippen LogP contribution in [0.25, 0.3) is 0 Å². The summed E-state index contributed by atoms with van der Waals surface area (Å²) in [5.41, 5.74) is 1.34. The predicted octanol–water partition coefficient (Wildman–Crippen LogP) is 2.93. The minimum atomic E-state index is -0.112. The summed E-state index contributed by atoms with van der Waals surface area (Å²) >= 11 is 5.93. The van der Waals surface area contributed by atoms with E-state index in [0.717, 1.165) is 24.6 Å². The number of hydrogen-bond acceptors (Lipinski definition) is 3. The van der Waals surface area contributed by atoms with E-state index in [4.69, 9.17) is 16.3 Å². The molecule has 0 aromatic heterocycles. The van der Waals surface area contributed by atoms with E-state index in [1.807, 2.05) is 0 Å². The molecule has 0 atom stereocenters. The molecule has 5 heteroatoms. The molecule has 20 heavy (non-hydrogen) atoms. The summed E-state index contributed by atoms with van der Waals surface area (Å²) in [4.78, 5) is 12.1. The van der Waals surface area contributed by atoms with Crippen molar-refractivity contribution in [2.24, 2.45) is 5.92 Å². The van der Waals surface area contributed by atoms with Gasteiger partial charge in [-0.1, -0.05) is 11.6 Å². The Balaban J connectivity index is 1.71. The zero-order chi connectivity index (χ0) is 14.4. The lowest BCUT2D eigenvalue weighted by Crippen LogP contribution is -2.26. The lowest BCUT2D eigenvalue weighted by Gasteiger charge is -2.10. The van der Waals surface area contributed by atoms with Gasteiger partial charge in [0.2, 0.25) is 0 Å². The van der Waals surface area contributed by atoms with Crippen LogP contribution >= 0.6 is 11.6 Å². The Labute approximate surface area is 124 Å². The van der Waals surface area contributed by atoms with Gasteiger partial charge in [0.25, 0.3) is 5.91 Å². The number of nitrogens with one attached hydrogen (secondary N) is 2. The van der Waals surface area contributed by atoms with Crippen molar-refractivity contribution in [2.75, 3.05) is 32.1 Å². The first-order valence-corrected chi connectivity index (χ1v) is 7.41. The number of halogens is 1. The summed E-state index contributed by atoms with van der Waals surface area (Å²) in [6, 6.07) is 5.23. The van der Waals surface area contributed by atoms with Gasteiger partial charge in [0.05, 0.1) is 5.56 Å². The number of hydrogen-bond donors (Lipinski definition) is 2. The highest BCUT2D eigenvalue weighted by Gasteiger charge is 2.20. The van der Waals surface area contributed by atoms with Crippen LogP contribution in [0.15, 0.2) is 18.2 Å². The maximum Gasteiger partial charge on any atom is 0.253 e. The topological polar surface area (TPSA) is 50.4 Å². The van der Waals surface area contributed by atoms with Crippen LogP contribution in [-0.4, -0.2) is 32.7 Å². The standard InChI is InChI=1S/C15H21ClN2O2/c1-17-14-6-5-12(16)9-13(14)15(19)18-7-2-8-20-10-11-3-4-11/h5-6,9,11,17H,2-4,7-8,10H2,1H3,(H,18,19). The van der Waals surface area contributed by atoms with Gasteiger partial charge in [0, 0.05) is 37.5 Å². The Morgan fingerprint density at radius 3 is 2.95 bits per heavy atom. The van der Waals surface area contributed by atoms with Crippen molar-refractivity contribution >= 4 is 23.2 Å². The fourth-order valence-corrected chi connectivity index (χ4v) is 2.10. The monoisotopic (exact) mass is 296 g/mol. The Hall–Kier alpha value is -1.26. The Morgan fingerprint density at radius 2 is 2.25 bits per heavy atom. The van der Waals surface area contributed by atoms with Gasteiger partial charge in [-0.25, -0.2) is 0 Å². The average Bonchev–Trinajstić information content (AvgIpc) is 3.26. The summed E-state index contributed by atoms with van der Waals surface area (Å²) in [5.74, 6) is 0.674. The summed E-state index contributed by atoms with van der Waals surface area (Å²) in [5, 5.41) is 6.43. The second-order valence-corrected chi connectivity index (χ2v) is 5.50.